The van der Waals surface area contributed by atoms with Crippen molar-refractivity contribution in [3.63, 3.8) is 0 Å². The molecule has 0 aromatic carbocycles. The van der Waals surface area contributed by atoms with Gasteiger partial charge in [0.2, 0.25) is 5.91 Å². The first-order valence-corrected chi connectivity index (χ1v) is 8.81. The van der Waals surface area contributed by atoms with Gasteiger partial charge in [0.25, 0.3) is 0 Å². The van der Waals surface area contributed by atoms with Gasteiger partial charge in [-0.05, 0) is 12.8 Å². The van der Waals surface area contributed by atoms with E-state index in [1.807, 2.05) is 6.92 Å². The first-order valence-electron chi connectivity index (χ1n) is 8.18. The quantitative estimate of drug-likeness (QED) is 0.338. The molecule has 0 rings (SSSR count). The molecule has 0 aliphatic rings. The molecule has 2 N–H and O–H groups in total. The van der Waals surface area contributed by atoms with E-state index in [1.54, 1.807) is 0 Å². The molecule has 21 heavy (non-hydrogen) atoms. The zero-order valence-corrected chi connectivity index (χ0v) is 14.2. The Morgan fingerprint density at radius 3 is 1.90 bits per heavy atom. The second-order valence-electron chi connectivity index (χ2n) is 5.70. The summed E-state index contributed by atoms with van der Waals surface area (Å²) in [6, 6.07) is 0. The molecule has 1 unspecified atom stereocenters. The Morgan fingerprint density at radius 2 is 1.43 bits per heavy atom. The normalized spacial score (nSPS) is 12.1. The van der Waals surface area contributed by atoms with Crippen molar-refractivity contribution in [1.82, 2.24) is 5.32 Å². The van der Waals surface area contributed by atoms with E-state index >= 15 is 0 Å². The van der Waals surface area contributed by atoms with Crippen molar-refractivity contribution in [3.05, 3.63) is 0 Å². The summed E-state index contributed by atoms with van der Waals surface area (Å²) in [4.78, 5) is 21.8. The van der Waals surface area contributed by atoms with E-state index < -0.39 is 5.97 Å². The number of amides is 1. The Morgan fingerprint density at radius 1 is 0.952 bits per heavy atom. The van der Waals surface area contributed by atoms with E-state index in [-0.39, 0.29) is 11.8 Å². The molecule has 1 amide bonds. The summed E-state index contributed by atoms with van der Waals surface area (Å²) < 4.78 is 0. The summed E-state index contributed by atoms with van der Waals surface area (Å²) in [6.45, 7) is 2.66. The minimum absolute atomic E-state index is 0.00513. The molecule has 0 radical (unpaired) electrons. The summed E-state index contributed by atoms with van der Waals surface area (Å²) in [7, 11) is 0. The molecular formula is C16H31NO3S. The van der Waals surface area contributed by atoms with Gasteiger partial charge in [0.05, 0.1) is 0 Å². The number of carboxylic acids is 1. The van der Waals surface area contributed by atoms with Crippen LogP contribution in [0.3, 0.4) is 0 Å². The highest BCUT2D eigenvalue weighted by molar-refractivity contribution is 7.80. The first-order chi connectivity index (χ1) is 10.1. The number of hydrogen-bond acceptors (Lipinski definition) is 3. The number of rotatable bonds is 14. The highest BCUT2D eigenvalue weighted by Crippen LogP contribution is 2.10. The van der Waals surface area contributed by atoms with Crippen molar-refractivity contribution in [1.29, 1.82) is 0 Å². The minimum atomic E-state index is -0.689. The number of carbonyl (C=O) groups excluding carboxylic acids is 1. The van der Waals surface area contributed by atoms with Gasteiger partial charge >= 0.3 is 5.97 Å². The fourth-order valence-electron chi connectivity index (χ4n) is 2.11. The van der Waals surface area contributed by atoms with E-state index in [2.05, 4.69) is 17.9 Å². The van der Waals surface area contributed by atoms with Crippen molar-refractivity contribution in [3.8, 4) is 0 Å². The van der Waals surface area contributed by atoms with Gasteiger partial charge in [0, 0.05) is 24.6 Å². The van der Waals surface area contributed by atoms with Gasteiger partial charge in [-0.25, -0.2) is 0 Å². The second-order valence-corrected chi connectivity index (χ2v) is 6.07. The van der Waals surface area contributed by atoms with Crippen LogP contribution in [0.2, 0.25) is 0 Å². The maximum Gasteiger partial charge on any atom is 0.303 e. The lowest BCUT2D eigenvalue weighted by Crippen LogP contribution is -2.30. The van der Waals surface area contributed by atoms with Crippen molar-refractivity contribution < 1.29 is 14.7 Å². The summed E-state index contributed by atoms with van der Waals surface area (Å²) in [5.41, 5.74) is 0. The molecule has 5 heteroatoms. The van der Waals surface area contributed by atoms with Crippen molar-refractivity contribution >= 4 is 24.5 Å². The maximum atomic E-state index is 11.5. The number of unbranched alkanes of at least 4 members (excludes halogenated alkanes) is 8. The standard InChI is InChI=1S/C16H31NO3S/c1-14(13-21)16(20)17-12-10-8-6-4-2-3-5-7-9-11-15(18)19/h14,21H,2-13H2,1H3,(H,17,20)(H,18,19). The van der Waals surface area contributed by atoms with Crippen LogP contribution >= 0.6 is 12.6 Å². The number of nitrogens with one attached hydrogen (secondary N) is 1. The third-order valence-electron chi connectivity index (χ3n) is 3.59. The van der Waals surface area contributed by atoms with Crippen molar-refractivity contribution in [2.75, 3.05) is 12.3 Å². The summed E-state index contributed by atoms with van der Waals surface area (Å²) in [5, 5.41) is 11.4. The van der Waals surface area contributed by atoms with Gasteiger partial charge in [0.1, 0.15) is 0 Å². The zero-order valence-electron chi connectivity index (χ0n) is 13.3. The average Bonchev–Trinajstić information content (AvgIpc) is 2.46. The van der Waals surface area contributed by atoms with Crippen molar-refractivity contribution in [2.24, 2.45) is 5.92 Å². The number of aliphatic carboxylic acids is 1. The van der Waals surface area contributed by atoms with Gasteiger partial charge in [0.15, 0.2) is 0 Å². The minimum Gasteiger partial charge on any atom is -0.481 e. The molecule has 0 saturated heterocycles. The number of carboxylic acid groups (broad SMARTS) is 1. The van der Waals surface area contributed by atoms with Crippen LogP contribution in [0.4, 0.5) is 0 Å². The van der Waals surface area contributed by atoms with E-state index in [9.17, 15) is 9.59 Å². The van der Waals surface area contributed by atoms with E-state index in [0.29, 0.717) is 12.2 Å². The van der Waals surface area contributed by atoms with Crippen LogP contribution in [0.5, 0.6) is 0 Å². The summed E-state index contributed by atoms with van der Waals surface area (Å²) in [5.74, 6) is 0.00449. The van der Waals surface area contributed by atoms with Crippen LogP contribution in [0, 0.1) is 5.92 Å². The molecular weight excluding hydrogens is 286 g/mol. The Hall–Kier alpha value is -0.710. The van der Waals surface area contributed by atoms with Gasteiger partial charge < -0.3 is 10.4 Å². The molecule has 0 aliphatic heterocycles. The van der Waals surface area contributed by atoms with Gasteiger partial charge in [-0.1, -0.05) is 51.9 Å². The molecule has 0 fully saturated rings. The SMILES string of the molecule is CC(CS)C(=O)NCCCCCCCCCCCC(=O)O. The predicted molar refractivity (Wildman–Crippen MR) is 89.8 cm³/mol. The van der Waals surface area contributed by atoms with E-state index in [0.717, 1.165) is 38.6 Å². The predicted octanol–water partition coefficient (Wildman–Crippen LogP) is 3.65. The lowest BCUT2D eigenvalue weighted by Gasteiger charge is -2.09. The Labute approximate surface area is 134 Å². The summed E-state index contributed by atoms with van der Waals surface area (Å²) in [6.07, 6.45) is 10.4. The average molecular weight is 317 g/mol. The molecule has 1 atom stereocenters. The van der Waals surface area contributed by atoms with Crippen LogP contribution in [-0.2, 0) is 9.59 Å². The largest absolute Gasteiger partial charge is 0.481 e. The molecule has 124 valence electrons. The first kappa shape index (κ1) is 20.3. The molecule has 4 nitrogen and oxygen atoms in total. The molecule has 0 aromatic rings. The highest BCUT2D eigenvalue weighted by atomic mass is 32.1. The second kappa shape index (κ2) is 14.2. The van der Waals surface area contributed by atoms with Crippen LogP contribution in [0.1, 0.15) is 71.1 Å². The fraction of sp³-hybridized carbons (Fsp3) is 0.875. The van der Waals surface area contributed by atoms with E-state index in [4.69, 9.17) is 5.11 Å². The molecule has 0 aliphatic carbocycles. The van der Waals surface area contributed by atoms with Gasteiger partial charge in [-0.2, -0.15) is 12.6 Å². The maximum absolute atomic E-state index is 11.5. The molecule has 0 heterocycles. The number of carbonyl (C=O) groups is 2. The molecule has 0 spiro atoms. The van der Waals surface area contributed by atoms with Crippen LogP contribution in [-0.4, -0.2) is 29.3 Å². The lowest BCUT2D eigenvalue weighted by atomic mass is 10.1. The topological polar surface area (TPSA) is 66.4 Å². The third-order valence-corrected chi connectivity index (χ3v) is 4.14. The zero-order chi connectivity index (χ0) is 15.9. The third kappa shape index (κ3) is 14.0. The van der Waals surface area contributed by atoms with Gasteiger partial charge in [-0.15, -0.1) is 0 Å². The van der Waals surface area contributed by atoms with E-state index in [1.165, 1.54) is 25.7 Å². The van der Waals surface area contributed by atoms with Crippen LogP contribution in [0.15, 0.2) is 0 Å². The smallest absolute Gasteiger partial charge is 0.303 e. The monoisotopic (exact) mass is 317 g/mol. The lowest BCUT2D eigenvalue weighted by molar-refractivity contribution is -0.137. The fourth-order valence-corrected chi connectivity index (χ4v) is 2.27. The number of thiol groups is 1. The Bertz CT molecular complexity index is 285. The number of hydrogen-bond donors (Lipinski definition) is 3. The Kier molecular flexibility index (Phi) is 13.8. The van der Waals surface area contributed by atoms with Gasteiger partial charge in [-0.3, -0.25) is 9.59 Å². The molecule has 0 saturated carbocycles. The van der Waals surface area contributed by atoms with Crippen LogP contribution in [0.25, 0.3) is 0 Å². The summed E-state index contributed by atoms with van der Waals surface area (Å²) >= 11 is 4.11. The highest BCUT2D eigenvalue weighted by Gasteiger charge is 2.08. The van der Waals surface area contributed by atoms with Crippen LogP contribution < -0.4 is 5.32 Å². The van der Waals surface area contributed by atoms with Crippen molar-refractivity contribution in [2.45, 2.75) is 71.1 Å². The molecule has 0 bridgehead atoms. The Balaban J connectivity index is 3.16. The molecule has 0 aromatic heterocycles.